The van der Waals surface area contributed by atoms with Crippen LogP contribution in [0.1, 0.15) is 33.2 Å². The summed E-state index contributed by atoms with van der Waals surface area (Å²) in [5.41, 5.74) is 5.78. The Morgan fingerprint density at radius 1 is 1.00 bits per heavy atom. The fourth-order valence-electron chi connectivity index (χ4n) is 5.25. The fraction of sp³-hybridized carbons (Fsp3) is 0.0968. The molecule has 6 rings (SSSR count). The first-order valence-corrected chi connectivity index (χ1v) is 12.4. The van der Waals surface area contributed by atoms with Gasteiger partial charge in [-0.3, -0.25) is 10.1 Å². The van der Waals surface area contributed by atoms with Gasteiger partial charge in [0.05, 0.1) is 7.11 Å². The van der Waals surface area contributed by atoms with Gasteiger partial charge in [-0.15, -0.1) is 0 Å². The Morgan fingerprint density at radius 3 is 2.51 bits per heavy atom. The zero-order valence-corrected chi connectivity index (χ0v) is 20.9. The molecule has 0 spiro atoms. The summed E-state index contributed by atoms with van der Waals surface area (Å²) in [6.45, 7) is 0.343. The van der Waals surface area contributed by atoms with Crippen LogP contribution in [0, 0.1) is 5.82 Å². The molecule has 0 fully saturated rings. The van der Waals surface area contributed by atoms with Crippen LogP contribution in [0.5, 0.6) is 5.75 Å². The van der Waals surface area contributed by atoms with Crippen LogP contribution >= 0.6 is 0 Å². The van der Waals surface area contributed by atoms with Crippen LogP contribution in [-0.4, -0.2) is 34.1 Å². The number of aromatic nitrogens is 1. The number of amides is 2. The number of halogens is 1. The lowest BCUT2D eigenvalue weighted by molar-refractivity contribution is 0.0726. The number of methoxy groups -OCH3 is 1. The number of ether oxygens (including phenoxy) is 1. The Morgan fingerprint density at radius 2 is 1.77 bits per heavy atom. The van der Waals surface area contributed by atoms with E-state index in [0.717, 1.165) is 33.3 Å². The summed E-state index contributed by atoms with van der Waals surface area (Å²) in [6.07, 6.45) is -1.13. The molecule has 194 valence electrons. The van der Waals surface area contributed by atoms with Crippen molar-refractivity contribution in [2.75, 3.05) is 12.4 Å². The lowest BCUT2D eigenvalue weighted by Crippen LogP contribution is -2.30. The maximum absolute atomic E-state index is 14.5. The highest BCUT2D eigenvalue weighted by Gasteiger charge is 2.37. The van der Waals surface area contributed by atoms with Gasteiger partial charge in [0.2, 0.25) is 0 Å². The number of benzene rings is 4. The summed E-state index contributed by atoms with van der Waals surface area (Å²) in [5.74, 6) is -0.107. The van der Waals surface area contributed by atoms with Crippen molar-refractivity contribution in [1.82, 2.24) is 9.88 Å². The van der Waals surface area contributed by atoms with Gasteiger partial charge >= 0.3 is 6.09 Å². The van der Waals surface area contributed by atoms with Crippen molar-refractivity contribution in [3.63, 3.8) is 0 Å². The minimum atomic E-state index is -1.13. The molecule has 1 aromatic heterocycles. The molecule has 1 aliphatic heterocycles. The second-order valence-corrected chi connectivity index (χ2v) is 9.41. The number of rotatable bonds is 6. The number of hydrogen-bond donors (Lipinski definition) is 3. The van der Waals surface area contributed by atoms with E-state index in [9.17, 15) is 14.0 Å². The second kappa shape index (κ2) is 9.64. The van der Waals surface area contributed by atoms with Crippen molar-refractivity contribution >= 4 is 28.6 Å². The van der Waals surface area contributed by atoms with Crippen LogP contribution in [0.25, 0.3) is 22.0 Å². The largest absolute Gasteiger partial charge is 0.496 e. The molecule has 1 aliphatic rings. The number of para-hydroxylation sites is 1. The Labute approximate surface area is 223 Å². The molecule has 2 heterocycles. The molecule has 4 aromatic carbocycles. The topological polar surface area (TPSA) is 94.7 Å². The fourth-order valence-corrected chi connectivity index (χ4v) is 5.25. The Hall–Kier alpha value is -5.11. The highest BCUT2D eigenvalue weighted by Crippen LogP contribution is 2.41. The van der Waals surface area contributed by atoms with Crippen LogP contribution in [0.3, 0.4) is 0 Å². The number of fused-ring (bicyclic) bond motifs is 2. The third kappa shape index (κ3) is 4.46. The van der Waals surface area contributed by atoms with Crippen LogP contribution in [0.15, 0.2) is 91.0 Å². The highest BCUT2D eigenvalue weighted by atomic mass is 19.1. The quantitative estimate of drug-likeness (QED) is 0.229. The van der Waals surface area contributed by atoms with Gasteiger partial charge in [-0.25, -0.2) is 9.18 Å². The molecule has 0 aliphatic carbocycles. The van der Waals surface area contributed by atoms with Crippen molar-refractivity contribution < 1.29 is 23.8 Å². The summed E-state index contributed by atoms with van der Waals surface area (Å²) >= 11 is 0. The van der Waals surface area contributed by atoms with Crippen molar-refractivity contribution in [2.24, 2.45) is 0 Å². The van der Waals surface area contributed by atoms with Crippen molar-refractivity contribution in [1.29, 1.82) is 0 Å². The minimum Gasteiger partial charge on any atom is -0.496 e. The van der Waals surface area contributed by atoms with Gasteiger partial charge in [0, 0.05) is 34.6 Å². The second-order valence-electron chi connectivity index (χ2n) is 9.41. The van der Waals surface area contributed by atoms with E-state index in [1.807, 2.05) is 48.5 Å². The third-order valence-corrected chi connectivity index (χ3v) is 7.05. The van der Waals surface area contributed by atoms with E-state index in [1.54, 1.807) is 35.2 Å². The molecule has 3 N–H and O–H groups in total. The number of anilines is 1. The number of carbonyl (C=O) groups excluding carboxylic acids is 1. The summed E-state index contributed by atoms with van der Waals surface area (Å²) in [5, 5.41) is 12.2. The third-order valence-electron chi connectivity index (χ3n) is 7.05. The van der Waals surface area contributed by atoms with Gasteiger partial charge in [-0.1, -0.05) is 42.5 Å². The van der Waals surface area contributed by atoms with Gasteiger partial charge in [-0.2, -0.15) is 0 Å². The standard InChI is InChI=1S/C31H24FN3O4/c1-39-28-13-10-22(32)16-25(28)29(27-15-20-4-2-3-5-26(20)34-27)35-17-21-7-6-19(14-24(21)30(35)36)18-8-11-23(12-9-18)33-31(37)38/h2-16,29,33-34H,17H2,1H3,(H,37,38)/t29-/m1/s1. The number of nitrogens with one attached hydrogen (secondary N) is 2. The van der Waals surface area contributed by atoms with Gasteiger partial charge in [0.15, 0.2) is 0 Å². The smallest absolute Gasteiger partial charge is 0.409 e. The number of carbonyl (C=O) groups is 2. The first-order valence-electron chi connectivity index (χ1n) is 12.4. The van der Waals surface area contributed by atoms with Crippen molar-refractivity contribution in [2.45, 2.75) is 12.6 Å². The molecule has 0 saturated carbocycles. The monoisotopic (exact) mass is 521 g/mol. The van der Waals surface area contributed by atoms with E-state index in [-0.39, 0.29) is 5.91 Å². The molecule has 7 nitrogen and oxygen atoms in total. The number of aromatic amines is 1. The van der Waals surface area contributed by atoms with Crippen LogP contribution in [-0.2, 0) is 6.54 Å². The lowest BCUT2D eigenvalue weighted by atomic mass is 10.00. The molecule has 39 heavy (non-hydrogen) atoms. The predicted octanol–water partition coefficient (Wildman–Crippen LogP) is 6.82. The van der Waals surface area contributed by atoms with E-state index in [0.29, 0.717) is 29.1 Å². The molecule has 0 saturated heterocycles. The molecular formula is C31H24FN3O4. The average Bonchev–Trinajstić information content (AvgIpc) is 3.50. The summed E-state index contributed by atoms with van der Waals surface area (Å²) in [6, 6.07) is 26.2. The zero-order valence-electron chi connectivity index (χ0n) is 20.9. The molecule has 8 heteroatoms. The summed E-state index contributed by atoms with van der Waals surface area (Å²) in [4.78, 5) is 30.0. The molecule has 0 radical (unpaired) electrons. The van der Waals surface area contributed by atoms with Gasteiger partial charge in [-0.05, 0) is 70.6 Å². The van der Waals surface area contributed by atoms with Gasteiger partial charge in [0.25, 0.3) is 5.91 Å². The van der Waals surface area contributed by atoms with Crippen LogP contribution in [0.2, 0.25) is 0 Å². The highest BCUT2D eigenvalue weighted by molar-refractivity contribution is 6.00. The summed E-state index contributed by atoms with van der Waals surface area (Å²) < 4.78 is 20.1. The maximum atomic E-state index is 14.5. The van der Waals surface area contributed by atoms with E-state index in [4.69, 9.17) is 9.84 Å². The maximum Gasteiger partial charge on any atom is 0.409 e. The van der Waals surface area contributed by atoms with Crippen LogP contribution < -0.4 is 10.1 Å². The minimum absolute atomic E-state index is 0.175. The number of H-pyrrole nitrogens is 1. The molecular weight excluding hydrogens is 497 g/mol. The first-order chi connectivity index (χ1) is 18.9. The molecule has 0 unspecified atom stereocenters. The molecule has 2 amide bonds. The molecule has 5 aromatic rings. The normalized spacial score (nSPS) is 13.4. The number of carboxylic acid groups (broad SMARTS) is 1. The van der Waals surface area contributed by atoms with Gasteiger partial charge in [0.1, 0.15) is 17.6 Å². The number of hydrogen-bond acceptors (Lipinski definition) is 3. The Balaban J connectivity index is 1.40. The predicted molar refractivity (Wildman–Crippen MR) is 146 cm³/mol. The van der Waals surface area contributed by atoms with Crippen molar-refractivity contribution in [3.8, 4) is 16.9 Å². The summed E-state index contributed by atoms with van der Waals surface area (Å²) in [7, 11) is 1.53. The SMILES string of the molecule is COc1ccc(F)cc1[C@H](c1cc2ccccc2[nH]1)N1Cc2ccc(-c3ccc(NC(=O)O)cc3)cc2C1=O. The lowest BCUT2D eigenvalue weighted by Gasteiger charge is -2.29. The van der Waals surface area contributed by atoms with E-state index in [1.165, 1.54) is 19.2 Å². The Kier molecular flexibility index (Phi) is 5.99. The molecule has 1 atom stereocenters. The average molecular weight is 522 g/mol. The first kappa shape index (κ1) is 24.2. The van der Waals surface area contributed by atoms with Gasteiger partial charge < -0.3 is 19.7 Å². The van der Waals surface area contributed by atoms with E-state index < -0.39 is 18.0 Å². The van der Waals surface area contributed by atoms with Crippen LogP contribution in [0.4, 0.5) is 14.9 Å². The number of nitrogens with zero attached hydrogens (tertiary/aromatic N) is 1. The molecule has 0 bridgehead atoms. The zero-order chi connectivity index (χ0) is 27.1. The van der Waals surface area contributed by atoms with Crippen molar-refractivity contribution in [3.05, 3.63) is 119 Å². The van der Waals surface area contributed by atoms with E-state index in [2.05, 4.69) is 10.3 Å². The van der Waals surface area contributed by atoms with E-state index >= 15 is 0 Å². The Bertz CT molecular complexity index is 1700.